The lowest BCUT2D eigenvalue weighted by molar-refractivity contribution is -0.119. The topological polar surface area (TPSA) is 74.1 Å². The van der Waals surface area contributed by atoms with Crippen molar-refractivity contribution in [1.29, 1.82) is 0 Å². The van der Waals surface area contributed by atoms with Crippen LogP contribution in [-0.4, -0.2) is 39.5 Å². The Morgan fingerprint density at radius 2 is 2.00 bits per heavy atom. The van der Waals surface area contributed by atoms with E-state index in [4.69, 9.17) is 0 Å². The Balaban J connectivity index is 1.53. The first-order valence-electron chi connectivity index (χ1n) is 8.41. The number of thioether (sulfide) groups is 1. The molecule has 28 heavy (non-hydrogen) atoms. The summed E-state index contributed by atoms with van der Waals surface area (Å²) in [5.41, 5.74) is 1.31. The van der Waals surface area contributed by atoms with Gasteiger partial charge in [0.15, 0.2) is 5.17 Å². The average molecular weight is 400 g/mol. The summed E-state index contributed by atoms with van der Waals surface area (Å²) in [7, 11) is 0. The molecule has 2 aromatic rings. The van der Waals surface area contributed by atoms with Crippen molar-refractivity contribution >= 4 is 46.0 Å². The van der Waals surface area contributed by atoms with Crippen LogP contribution < -0.4 is 5.32 Å². The largest absolute Gasteiger partial charge is 0.323 e. The number of benzene rings is 2. The number of aliphatic imine (C=N–C) groups is 2. The third-order valence-corrected chi connectivity index (χ3v) is 5.25. The molecule has 0 saturated carbocycles. The fraction of sp³-hybridized carbons (Fsp3) is 0.158. The number of para-hydroxylation sites is 1. The number of carbonyl (C=O) groups excluding carboxylic acids is 2. The predicted octanol–water partition coefficient (Wildman–Crippen LogP) is 3.32. The molecule has 2 aromatic carbocycles. The molecular weight excluding hydrogens is 386 g/mol. The van der Waals surface area contributed by atoms with Gasteiger partial charge in [0.05, 0.1) is 17.1 Å². The number of hydrogen-bond acceptors (Lipinski definition) is 5. The third-order valence-electron chi connectivity index (χ3n) is 4.29. The van der Waals surface area contributed by atoms with E-state index in [0.29, 0.717) is 22.8 Å². The number of halogens is 2. The summed E-state index contributed by atoms with van der Waals surface area (Å²) < 4.78 is 26.7. The Morgan fingerprint density at radius 1 is 1.21 bits per heavy atom. The summed E-state index contributed by atoms with van der Waals surface area (Å²) in [5.74, 6) is -1.89. The zero-order chi connectivity index (χ0) is 19.8. The van der Waals surface area contributed by atoms with E-state index in [-0.39, 0.29) is 17.3 Å². The Morgan fingerprint density at radius 3 is 2.79 bits per heavy atom. The van der Waals surface area contributed by atoms with Crippen LogP contribution >= 0.6 is 11.8 Å². The second-order valence-corrected chi connectivity index (χ2v) is 7.13. The van der Waals surface area contributed by atoms with Crippen LogP contribution in [-0.2, 0) is 9.59 Å². The highest BCUT2D eigenvalue weighted by atomic mass is 32.2. The van der Waals surface area contributed by atoms with Crippen LogP contribution in [0, 0.1) is 11.6 Å². The van der Waals surface area contributed by atoms with Gasteiger partial charge in [-0.15, -0.1) is 0 Å². The molecule has 0 bridgehead atoms. The molecule has 9 heteroatoms. The monoisotopic (exact) mass is 400 g/mol. The maximum absolute atomic E-state index is 13.7. The predicted molar refractivity (Wildman–Crippen MR) is 104 cm³/mol. The van der Waals surface area contributed by atoms with Gasteiger partial charge in [-0.05, 0) is 31.2 Å². The maximum atomic E-state index is 13.7. The molecule has 2 amide bonds. The minimum Gasteiger partial charge on any atom is -0.323 e. The highest BCUT2D eigenvalue weighted by Crippen LogP contribution is 2.33. The van der Waals surface area contributed by atoms with Gasteiger partial charge in [-0.1, -0.05) is 23.9 Å². The standard InChI is InChI=1S/C19H14F2N4O2S/c1-10-18(27)24-17-12-4-2-3-5-14(12)23-19(25(10)17)28-9-16(26)22-15-7-6-11(20)8-13(15)21/h2-8,10H,9H2,1H3,(H,22,26). The number of nitrogens with zero attached hydrogens (tertiary/aromatic N) is 3. The summed E-state index contributed by atoms with van der Waals surface area (Å²) in [6.07, 6.45) is 0. The van der Waals surface area contributed by atoms with Gasteiger partial charge < -0.3 is 5.32 Å². The Hall–Kier alpha value is -3.07. The van der Waals surface area contributed by atoms with Crippen LogP contribution in [0.1, 0.15) is 12.5 Å². The number of amides is 2. The zero-order valence-corrected chi connectivity index (χ0v) is 15.5. The van der Waals surface area contributed by atoms with Crippen molar-refractivity contribution in [3.05, 3.63) is 59.7 Å². The summed E-state index contributed by atoms with van der Waals surface area (Å²) in [6.45, 7) is 1.72. The molecule has 4 rings (SSSR count). The molecule has 0 spiro atoms. The van der Waals surface area contributed by atoms with Crippen molar-refractivity contribution < 1.29 is 18.4 Å². The van der Waals surface area contributed by atoms with E-state index >= 15 is 0 Å². The van der Waals surface area contributed by atoms with Crippen molar-refractivity contribution in [3.63, 3.8) is 0 Å². The van der Waals surface area contributed by atoms with E-state index in [9.17, 15) is 18.4 Å². The number of anilines is 1. The van der Waals surface area contributed by atoms with E-state index in [0.717, 1.165) is 29.5 Å². The first-order chi connectivity index (χ1) is 13.4. The van der Waals surface area contributed by atoms with Crippen LogP contribution in [0.15, 0.2) is 52.4 Å². The highest BCUT2D eigenvalue weighted by molar-refractivity contribution is 8.14. The zero-order valence-electron chi connectivity index (χ0n) is 14.6. The van der Waals surface area contributed by atoms with Gasteiger partial charge in [0, 0.05) is 11.6 Å². The molecule has 2 aliphatic rings. The summed E-state index contributed by atoms with van der Waals surface area (Å²) in [5, 5.41) is 2.87. The minimum atomic E-state index is -0.851. The quantitative estimate of drug-likeness (QED) is 0.858. The fourth-order valence-corrected chi connectivity index (χ4v) is 3.80. The number of hydrogen-bond donors (Lipinski definition) is 1. The number of amidine groups is 2. The van der Waals surface area contributed by atoms with E-state index in [1.807, 2.05) is 18.2 Å². The lowest BCUT2D eigenvalue weighted by Gasteiger charge is -2.29. The number of rotatable bonds is 3. The molecule has 2 heterocycles. The van der Waals surface area contributed by atoms with E-state index in [2.05, 4.69) is 15.3 Å². The third kappa shape index (κ3) is 3.29. The molecule has 142 valence electrons. The van der Waals surface area contributed by atoms with Gasteiger partial charge in [-0.2, -0.15) is 4.99 Å². The maximum Gasteiger partial charge on any atom is 0.270 e. The lowest BCUT2D eigenvalue weighted by atomic mass is 10.1. The normalized spacial score (nSPS) is 17.6. The molecule has 1 atom stereocenters. The summed E-state index contributed by atoms with van der Waals surface area (Å²) in [6, 6.07) is 9.70. The van der Waals surface area contributed by atoms with E-state index in [1.165, 1.54) is 0 Å². The first kappa shape index (κ1) is 18.3. The van der Waals surface area contributed by atoms with Gasteiger partial charge in [0.1, 0.15) is 23.5 Å². The second-order valence-electron chi connectivity index (χ2n) is 6.19. The summed E-state index contributed by atoms with van der Waals surface area (Å²) >= 11 is 1.11. The summed E-state index contributed by atoms with van der Waals surface area (Å²) in [4.78, 5) is 34.7. The van der Waals surface area contributed by atoms with Gasteiger partial charge >= 0.3 is 0 Å². The first-order valence-corrected chi connectivity index (χ1v) is 9.40. The van der Waals surface area contributed by atoms with Crippen molar-refractivity contribution in [1.82, 2.24) is 4.90 Å². The Bertz CT molecular complexity index is 1050. The van der Waals surface area contributed by atoms with Crippen LogP contribution in [0.25, 0.3) is 0 Å². The molecule has 0 fully saturated rings. The van der Waals surface area contributed by atoms with Crippen molar-refractivity contribution in [2.45, 2.75) is 13.0 Å². The van der Waals surface area contributed by atoms with E-state index in [1.54, 1.807) is 17.9 Å². The Labute approximate surface area is 163 Å². The molecule has 0 saturated heterocycles. The molecular formula is C19H14F2N4O2S. The lowest BCUT2D eigenvalue weighted by Crippen LogP contribution is -2.42. The Kier molecular flexibility index (Phi) is 4.68. The van der Waals surface area contributed by atoms with Gasteiger partial charge in [-0.3, -0.25) is 14.5 Å². The van der Waals surface area contributed by atoms with Crippen molar-refractivity contribution in [3.8, 4) is 0 Å². The van der Waals surface area contributed by atoms with Crippen LogP contribution in [0.3, 0.4) is 0 Å². The highest BCUT2D eigenvalue weighted by Gasteiger charge is 2.39. The van der Waals surface area contributed by atoms with Gasteiger partial charge in [-0.25, -0.2) is 13.8 Å². The number of fused-ring (bicyclic) bond motifs is 3. The van der Waals surface area contributed by atoms with Gasteiger partial charge in [0.2, 0.25) is 5.91 Å². The molecule has 0 aliphatic carbocycles. The average Bonchev–Trinajstić information content (AvgIpc) is 2.97. The van der Waals surface area contributed by atoms with Crippen molar-refractivity contribution in [2.24, 2.45) is 9.98 Å². The molecule has 0 aromatic heterocycles. The van der Waals surface area contributed by atoms with Gasteiger partial charge in [0.25, 0.3) is 5.91 Å². The molecule has 0 radical (unpaired) electrons. The minimum absolute atomic E-state index is 0.0670. The molecule has 2 aliphatic heterocycles. The SMILES string of the molecule is CC1C(=O)N=C2c3ccccc3N=C(SCC(=O)Nc3ccc(F)cc3F)N21. The van der Waals surface area contributed by atoms with E-state index < -0.39 is 23.6 Å². The molecule has 1 unspecified atom stereocenters. The smallest absolute Gasteiger partial charge is 0.270 e. The fourth-order valence-electron chi connectivity index (χ4n) is 2.92. The van der Waals surface area contributed by atoms with Crippen LogP contribution in [0.2, 0.25) is 0 Å². The van der Waals surface area contributed by atoms with Crippen molar-refractivity contribution in [2.75, 3.05) is 11.1 Å². The second kappa shape index (κ2) is 7.16. The van der Waals surface area contributed by atoms with Crippen LogP contribution in [0.4, 0.5) is 20.2 Å². The number of nitrogens with one attached hydrogen (secondary N) is 1. The number of carbonyl (C=O) groups is 2. The molecule has 1 N–H and O–H groups in total. The van der Waals surface area contributed by atoms with Crippen LogP contribution in [0.5, 0.6) is 0 Å². The molecule has 6 nitrogen and oxygen atoms in total.